The van der Waals surface area contributed by atoms with E-state index in [1.165, 1.54) is 51.4 Å². The van der Waals surface area contributed by atoms with Crippen molar-refractivity contribution in [1.82, 2.24) is 0 Å². The normalized spacial score (nSPS) is 21.4. The molecule has 84 valence electrons. The molecule has 0 nitrogen and oxygen atoms in total. The van der Waals surface area contributed by atoms with Gasteiger partial charge in [0.05, 0.1) is 0 Å². The van der Waals surface area contributed by atoms with E-state index in [0.29, 0.717) is 0 Å². The van der Waals surface area contributed by atoms with Crippen LogP contribution in [0.15, 0.2) is 0 Å². The van der Waals surface area contributed by atoms with Gasteiger partial charge in [-0.15, -0.1) is 0 Å². The average molecular weight is 196 g/mol. The molecule has 0 aromatic rings. The quantitative estimate of drug-likeness (QED) is 0.578. The lowest BCUT2D eigenvalue weighted by Crippen LogP contribution is -2.15. The maximum absolute atomic E-state index is 2.48. The van der Waals surface area contributed by atoms with Gasteiger partial charge in [-0.2, -0.15) is 0 Å². The molecule has 14 heavy (non-hydrogen) atoms. The van der Waals surface area contributed by atoms with E-state index in [-0.39, 0.29) is 0 Å². The van der Waals surface area contributed by atoms with Gasteiger partial charge < -0.3 is 0 Å². The fourth-order valence-electron chi connectivity index (χ4n) is 2.79. The Balaban J connectivity index is 2.10. The summed E-state index contributed by atoms with van der Waals surface area (Å²) in [5.74, 6) is 2.96. The molecule has 0 saturated heterocycles. The molecule has 0 aliphatic heterocycles. The van der Waals surface area contributed by atoms with Crippen molar-refractivity contribution in [2.24, 2.45) is 17.8 Å². The van der Waals surface area contributed by atoms with Gasteiger partial charge in [-0.05, 0) is 17.8 Å². The smallest absolute Gasteiger partial charge is 0.0388 e. The number of rotatable bonds is 5. The monoisotopic (exact) mass is 196 g/mol. The molecular formula is C14H28. The first-order chi connectivity index (χ1) is 6.70. The van der Waals surface area contributed by atoms with Crippen LogP contribution in [0.4, 0.5) is 0 Å². The Morgan fingerprint density at radius 2 is 1.57 bits per heavy atom. The summed E-state index contributed by atoms with van der Waals surface area (Å²) in [5.41, 5.74) is 0. The van der Waals surface area contributed by atoms with E-state index in [1.807, 2.05) is 0 Å². The lowest BCUT2D eigenvalue weighted by molar-refractivity contribution is 0.245. The van der Waals surface area contributed by atoms with Crippen molar-refractivity contribution < 1.29 is 0 Å². The summed E-state index contributed by atoms with van der Waals surface area (Å²) in [6.45, 7) is 7.16. The largest absolute Gasteiger partial charge is 0.0628 e. The van der Waals surface area contributed by atoms with Crippen molar-refractivity contribution in [2.45, 2.75) is 72.1 Å². The van der Waals surface area contributed by atoms with Crippen LogP contribution in [0.25, 0.3) is 0 Å². The minimum atomic E-state index is 0.897. The van der Waals surface area contributed by atoms with Crippen LogP contribution in [-0.4, -0.2) is 0 Å². The highest BCUT2D eigenvalue weighted by Crippen LogP contribution is 2.32. The van der Waals surface area contributed by atoms with Gasteiger partial charge in [-0.1, -0.05) is 72.1 Å². The minimum Gasteiger partial charge on any atom is -0.0628 e. The number of hydrogen-bond donors (Lipinski definition) is 0. The minimum absolute atomic E-state index is 0.897. The molecule has 0 heteroatoms. The second-order valence-corrected chi connectivity index (χ2v) is 5.70. The topological polar surface area (TPSA) is 0 Å². The molecular weight excluding hydrogens is 168 g/mol. The first-order valence-electron chi connectivity index (χ1n) is 6.70. The van der Waals surface area contributed by atoms with Gasteiger partial charge in [0.25, 0.3) is 0 Å². The van der Waals surface area contributed by atoms with Gasteiger partial charge in [0.2, 0.25) is 0 Å². The van der Waals surface area contributed by atoms with Crippen LogP contribution in [0.3, 0.4) is 0 Å². The predicted molar refractivity (Wildman–Crippen MR) is 64.4 cm³/mol. The van der Waals surface area contributed by atoms with E-state index in [0.717, 1.165) is 17.8 Å². The summed E-state index contributed by atoms with van der Waals surface area (Å²) in [5, 5.41) is 0. The summed E-state index contributed by atoms with van der Waals surface area (Å²) in [7, 11) is 0. The van der Waals surface area contributed by atoms with Crippen molar-refractivity contribution in [3.05, 3.63) is 0 Å². The van der Waals surface area contributed by atoms with E-state index in [2.05, 4.69) is 20.8 Å². The van der Waals surface area contributed by atoms with Crippen LogP contribution in [0.2, 0.25) is 0 Å². The molecule has 1 aliphatic rings. The van der Waals surface area contributed by atoms with Gasteiger partial charge in [0, 0.05) is 0 Å². The molecule has 0 spiro atoms. The second kappa shape index (κ2) is 6.48. The molecule has 0 bridgehead atoms. The van der Waals surface area contributed by atoms with Crippen LogP contribution in [0.1, 0.15) is 72.1 Å². The molecule has 0 aromatic carbocycles. The third-order valence-corrected chi connectivity index (χ3v) is 3.90. The summed E-state index contributed by atoms with van der Waals surface area (Å²) >= 11 is 0. The maximum Gasteiger partial charge on any atom is -0.0388 e. The fraction of sp³-hybridized carbons (Fsp3) is 1.00. The van der Waals surface area contributed by atoms with Gasteiger partial charge in [-0.25, -0.2) is 0 Å². The molecule has 0 radical (unpaired) electrons. The highest BCUT2D eigenvalue weighted by molar-refractivity contribution is 4.71. The summed E-state index contributed by atoms with van der Waals surface area (Å²) < 4.78 is 0. The van der Waals surface area contributed by atoms with Crippen molar-refractivity contribution >= 4 is 0 Å². The van der Waals surface area contributed by atoms with Crippen LogP contribution in [-0.2, 0) is 0 Å². The van der Waals surface area contributed by atoms with Crippen molar-refractivity contribution in [2.75, 3.05) is 0 Å². The molecule has 1 atom stereocenters. The van der Waals surface area contributed by atoms with Crippen molar-refractivity contribution in [1.29, 1.82) is 0 Å². The zero-order chi connectivity index (χ0) is 10.4. The highest BCUT2D eigenvalue weighted by atomic mass is 14.2. The summed E-state index contributed by atoms with van der Waals surface area (Å²) in [4.78, 5) is 0. The van der Waals surface area contributed by atoms with E-state index in [9.17, 15) is 0 Å². The van der Waals surface area contributed by atoms with Crippen molar-refractivity contribution in [3.63, 3.8) is 0 Å². The average Bonchev–Trinajstić information content (AvgIpc) is 2.18. The highest BCUT2D eigenvalue weighted by Gasteiger charge is 2.19. The Morgan fingerprint density at radius 3 is 2.14 bits per heavy atom. The first-order valence-corrected chi connectivity index (χ1v) is 6.70. The van der Waals surface area contributed by atoms with Crippen LogP contribution >= 0.6 is 0 Å². The van der Waals surface area contributed by atoms with E-state index < -0.39 is 0 Å². The standard InChI is InChI=1S/C14H28/c1-12(2)8-7-9-13(3)14-10-5-4-6-11-14/h12-14H,4-11H2,1-3H3. The molecule has 0 N–H and O–H groups in total. The Labute approximate surface area is 90.5 Å². The fourth-order valence-corrected chi connectivity index (χ4v) is 2.79. The predicted octanol–water partition coefficient (Wildman–Crippen LogP) is 5.03. The lowest BCUT2D eigenvalue weighted by atomic mass is 9.78. The molecule has 0 heterocycles. The van der Waals surface area contributed by atoms with E-state index in [4.69, 9.17) is 0 Å². The van der Waals surface area contributed by atoms with Gasteiger partial charge in [0.15, 0.2) is 0 Å². The molecule has 1 rings (SSSR count). The summed E-state index contributed by atoms with van der Waals surface area (Å²) in [6.07, 6.45) is 11.9. The number of hydrogen-bond acceptors (Lipinski definition) is 0. The SMILES string of the molecule is CC(C)CCCC(C)C1CCCCC1. The van der Waals surface area contributed by atoms with Gasteiger partial charge in [0.1, 0.15) is 0 Å². The molecule has 0 aromatic heterocycles. The van der Waals surface area contributed by atoms with Crippen LogP contribution in [0, 0.1) is 17.8 Å². The molecule has 1 fully saturated rings. The van der Waals surface area contributed by atoms with Crippen LogP contribution in [0.5, 0.6) is 0 Å². The Morgan fingerprint density at radius 1 is 0.929 bits per heavy atom. The zero-order valence-electron chi connectivity index (χ0n) is 10.4. The Kier molecular flexibility index (Phi) is 5.59. The third kappa shape index (κ3) is 4.48. The molecule has 1 unspecified atom stereocenters. The first kappa shape index (κ1) is 12.1. The van der Waals surface area contributed by atoms with Crippen molar-refractivity contribution in [3.8, 4) is 0 Å². The molecule has 1 saturated carbocycles. The van der Waals surface area contributed by atoms with Gasteiger partial charge >= 0.3 is 0 Å². The maximum atomic E-state index is 2.48. The Hall–Kier alpha value is 0. The van der Waals surface area contributed by atoms with E-state index in [1.54, 1.807) is 0 Å². The molecule has 1 aliphatic carbocycles. The summed E-state index contributed by atoms with van der Waals surface area (Å²) in [6, 6.07) is 0. The van der Waals surface area contributed by atoms with Crippen LogP contribution < -0.4 is 0 Å². The lowest BCUT2D eigenvalue weighted by Gasteiger charge is -2.27. The second-order valence-electron chi connectivity index (χ2n) is 5.70. The third-order valence-electron chi connectivity index (χ3n) is 3.90. The van der Waals surface area contributed by atoms with E-state index >= 15 is 0 Å². The Bertz CT molecular complexity index is 131. The van der Waals surface area contributed by atoms with Gasteiger partial charge in [-0.3, -0.25) is 0 Å². The zero-order valence-corrected chi connectivity index (χ0v) is 10.4. The molecule has 0 amide bonds.